The van der Waals surface area contributed by atoms with E-state index in [1.54, 1.807) is 0 Å². The van der Waals surface area contributed by atoms with E-state index in [0.29, 0.717) is 11.8 Å². The predicted octanol–water partition coefficient (Wildman–Crippen LogP) is 0.444. The topological polar surface area (TPSA) is 44.4 Å². The van der Waals surface area contributed by atoms with E-state index in [2.05, 4.69) is 24.5 Å². The van der Waals surface area contributed by atoms with E-state index in [1.807, 2.05) is 4.90 Å². The Labute approximate surface area is 104 Å². The van der Waals surface area contributed by atoms with Gasteiger partial charge in [-0.25, -0.2) is 0 Å². The third-order valence-electron chi connectivity index (χ3n) is 4.32. The minimum Gasteiger partial charge on any atom is -0.340 e. The summed E-state index contributed by atoms with van der Waals surface area (Å²) in [6.45, 7) is 10.00. The number of carbonyl (C=O) groups excluding carboxylic acids is 1. The lowest BCUT2D eigenvalue weighted by Crippen LogP contribution is -2.53. The van der Waals surface area contributed by atoms with Crippen LogP contribution in [-0.2, 0) is 4.79 Å². The maximum atomic E-state index is 12.6. The van der Waals surface area contributed by atoms with Crippen molar-refractivity contribution in [2.24, 2.45) is 11.3 Å². The van der Waals surface area contributed by atoms with Gasteiger partial charge >= 0.3 is 0 Å². The quantitative estimate of drug-likeness (QED) is 0.735. The molecule has 98 valence electrons. The Morgan fingerprint density at radius 2 is 1.59 bits per heavy atom. The van der Waals surface area contributed by atoms with Crippen LogP contribution in [0, 0.1) is 11.3 Å². The Morgan fingerprint density at radius 3 is 2.18 bits per heavy atom. The highest BCUT2D eigenvalue weighted by Gasteiger charge is 2.39. The maximum Gasteiger partial charge on any atom is 0.228 e. The second-order valence-electron chi connectivity index (χ2n) is 5.79. The van der Waals surface area contributed by atoms with Gasteiger partial charge < -0.3 is 15.5 Å². The molecule has 0 radical (unpaired) electrons. The number of rotatable bonds is 2. The van der Waals surface area contributed by atoms with Crippen molar-refractivity contribution in [3.8, 4) is 0 Å². The van der Waals surface area contributed by atoms with E-state index in [0.717, 1.165) is 52.1 Å². The van der Waals surface area contributed by atoms with Crippen molar-refractivity contribution in [2.45, 2.75) is 26.7 Å². The van der Waals surface area contributed by atoms with Crippen LogP contribution in [0.5, 0.6) is 0 Å². The number of hydrogen-bond donors (Lipinski definition) is 2. The molecule has 2 aliphatic heterocycles. The van der Waals surface area contributed by atoms with Crippen LogP contribution >= 0.6 is 0 Å². The van der Waals surface area contributed by atoms with Crippen LogP contribution in [0.4, 0.5) is 0 Å². The van der Waals surface area contributed by atoms with E-state index < -0.39 is 0 Å². The van der Waals surface area contributed by atoms with E-state index in [1.165, 1.54) is 0 Å². The molecular weight excluding hydrogens is 214 g/mol. The first-order chi connectivity index (χ1) is 8.12. The number of piperazine rings is 1. The Balaban J connectivity index is 1.99. The number of carbonyl (C=O) groups is 1. The zero-order valence-electron chi connectivity index (χ0n) is 11.1. The van der Waals surface area contributed by atoms with Crippen LogP contribution in [0.15, 0.2) is 0 Å². The van der Waals surface area contributed by atoms with Crippen molar-refractivity contribution in [2.75, 3.05) is 39.3 Å². The third kappa shape index (κ3) is 2.80. The van der Waals surface area contributed by atoms with Gasteiger partial charge in [0.05, 0.1) is 0 Å². The van der Waals surface area contributed by atoms with Gasteiger partial charge in [-0.3, -0.25) is 4.79 Å². The molecule has 2 fully saturated rings. The van der Waals surface area contributed by atoms with Crippen LogP contribution in [0.3, 0.4) is 0 Å². The fourth-order valence-corrected chi connectivity index (χ4v) is 2.99. The molecule has 0 atom stereocenters. The fraction of sp³-hybridized carbons (Fsp3) is 0.923. The largest absolute Gasteiger partial charge is 0.340 e. The van der Waals surface area contributed by atoms with Crippen molar-refractivity contribution in [3.63, 3.8) is 0 Å². The van der Waals surface area contributed by atoms with Crippen molar-refractivity contribution < 1.29 is 4.79 Å². The van der Waals surface area contributed by atoms with Crippen LogP contribution in [0.1, 0.15) is 26.7 Å². The lowest BCUT2D eigenvalue weighted by Gasteiger charge is -2.40. The van der Waals surface area contributed by atoms with Gasteiger partial charge in [0.15, 0.2) is 0 Å². The molecule has 0 saturated carbocycles. The second-order valence-corrected chi connectivity index (χ2v) is 5.79. The number of amides is 1. The highest BCUT2D eigenvalue weighted by Crippen LogP contribution is 2.35. The Kier molecular flexibility index (Phi) is 4.05. The van der Waals surface area contributed by atoms with E-state index in [-0.39, 0.29) is 5.41 Å². The number of nitrogens with one attached hydrogen (secondary N) is 2. The molecule has 2 saturated heterocycles. The summed E-state index contributed by atoms with van der Waals surface area (Å²) in [5.74, 6) is 0.886. The molecule has 0 aliphatic carbocycles. The molecule has 1 amide bonds. The minimum atomic E-state index is -0.195. The lowest BCUT2D eigenvalue weighted by atomic mass is 9.73. The highest BCUT2D eigenvalue weighted by molar-refractivity contribution is 5.82. The fourth-order valence-electron chi connectivity index (χ4n) is 2.99. The van der Waals surface area contributed by atoms with Gasteiger partial charge in [-0.15, -0.1) is 0 Å². The van der Waals surface area contributed by atoms with Gasteiger partial charge in [-0.05, 0) is 31.8 Å². The average Bonchev–Trinajstić information content (AvgIpc) is 2.40. The summed E-state index contributed by atoms with van der Waals surface area (Å²) in [5, 5.41) is 6.67. The summed E-state index contributed by atoms with van der Waals surface area (Å²) >= 11 is 0. The smallest absolute Gasteiger partial charge is 0.228 e. The van der Waals surface area contributed by atoms with Gasteiger partial charge in [0.1, 0.15) is 0 Å². The van der Waals surface area contributed by atoms with Crippen LogP contribution < -0.4 is 10.6 Å². The Morgan fingerprint density at radius 1 is 1.06 bits per heavy atom. The molecule has 0 aromatic carbocycles. The van der Waals surface area contributed by atoms with Crippen LogP contribution in [-0.4, -0.2) is 50.1 Å². The predicted molar refractivity (Wildman–Crippen MR) is 68.8 cm³/mol. The average molecular weight is 239 g/mol. The van der Waals surface area contributed by atoms with Gasteiger partial charge in [0, 0.05) is 31.6 Å². The molecule has 17 heavy (non-hydrogen) atoms. The SMILES string of the molecule is CC(C)(C(=O)N1CCNCC1)C1CCNCC1. The monoisotopic (exact) mass is 239 g/mol. The van der Waals surface area contributed by atoms with Crippen molar-refractivity contribution >= 4 is 5.91 Å². The lowest BCUT2D eigenvalue weighted by molar-refractivity contribution is -0.144. The first kappa shape index (κ1) is 12.8. The van der Waals surface area contributed by atoms with E-state index >= 15 is 0 Å². The summed E-state index contributed by atoms with van der Waals surface area (Å²) < 4.78 is 0. The Bertz CT molecular complexity index is 266. The molecule has 0 unspecified atom stereocenters. The number of hydrogen-bond acceptors (Lipinski definition) is 3. The summed E-state index contributed by atoms with van der Waals surface area (Å²) in [6.07, 6.45) is 2.26. The van der Waals surface area contributed by atoms with E-state index in [4.69, 9.17) is 0 Å². The summed E-state index contributed by atoms with van der Waals surface area (Å²) in [6, 6.07) is 0. The summed E-state index contributed by atoms with van der Waals surface area (Å²) in [4.78, 5) is 14.6. The molecule has 2 heterocycles. The zero-order valence-corrected chi connectivity index (χ0v) is 11.1. The summed E-state index contributed by atoms with van der Waals surface area (Å²) in [5.41, 5.74) is -0.195. The first-order valence-corrected chi connectivity index (χ1v) is 6.83. The molecule has 0 bridgehead atoms. The first-order valence-electron chi connectivity index (χ1n) is 6.83. The maximum absolute atomic E-state index is 12.6. The zero-order chi connectivity index (χ0) is 12.3. The van der Waals surface area contributed by atoms with E-state index in [9.17, 15) is 4.79 Å². The van der Waals surface area contributed by atoms with Gasteiger partial charge in [-0.1, -0.05) is 13.8 Å². The number of nitrogens with zero attached hydrogens (tertiary/aromatic N) is 1. The highest BCUT2D eigenvalue weighted by atomic mass is 16.2. The van der Waals surface area contributed by atoms with Crippen molar-refractivity contribution in [1.29, 1.82) is 0 Å². The normalized spacial score (nSPS) is 23.8. The van der Waals surface area contributed by atoms with Gasteiger partial charge in [0.2, 0.25) is 5.91 Å². The van der Waals surface area contributed by atoms with Gasteiger partial charge in [0.25, 0.3) is 0 Å². The third-order valence-corrected chi connectivity index (χ3v) is 4.32. The molecule has 2 aliphatic rings. The molecule has 0 spiro atoms. The molecule has 2 N–H and O–H groups in total. The summed E-state index contributed by atoms with van der Waals surface area (Å²) in [7, 11) is 0. The molecule has 0 aromatic heterocycles. The van der Waals surface area contributed by atoms with Gasteiger partial charge in [-0.2, -0.15) is 0 Å². The molecule has 0 aromatic rings. The number of piperidine rings is 1. The molecule has 4 heteroatoms. The molecular formula is C13H25N3O. The molecule has 2 rings (SSSR count). The second kappa shape index (κ2) is 5.36. The van der Waals surface area contributed by atoms with Crippen molar-refractivity contribution in [3.05, 3.63) is 0 Å². The van der Waals surface area contributed by atoms with Crippen LogP contribution in [0.25, 0.3) is 0 Å². The molecule has 4 nitrogen and oxygen atoms in total. The Hall–Kier alpha value is -0.610. The van der Waals surface area contributed by atoms with Crippen LogP contribution in [0.2, 0.25) is 0 Å². The standard InChI is InChI=1S/C13H25N3O/c1-13(2,11-3-5-14-6-4-11)12(17)16-9-7-15-8-10-16/h11,14-15H,3-10H2,1-2H3. The van der Waals surface area contributed by atoms with Crippen molar-refractivity contribution in [1.82, 2.24) is 15.5 Å². The minimum absolute atomic E-state index is 0.195.